The fraction of sp³-hybridized carbons (Fsp3) is 0.455. The van der Waals surface area contributed by atoms with Crippen molar-refractivity contribution in [1.29, 1.82) is 0 Å². The van der Waals surface area contributed by atoms with Gasteiger partial charge < -0.3 is 15.2 Å². The summed E-state index contributed by atoms with van der Waals surface area (Å²) in [6.45, 7) is -0.560. The lowest BCUT2D eigenvalue weighted by molar-refractivity contribution is -0.202. The number of halogens is 5. The standard InChI is InChI=1S/C22H24Cl2F3NO2/c23-17-10-5-11-18(20(17)24)30-16-9-4-8-15(12-16)21(14-6-2-1-3-7-14)28-13-19(29)22(25,26)27/h4-5,8-12,14,19,21,28-29H,1-3,6-7,13H2. The zero-order valence-corrected chi connectivity index (χ0v) is 17.8. The van der Waals surface area contributed by atoms with Gasteiger partial charge in [0, 0.05) is 12.6 Å². The quantitative estimate of drug-likeness (QED) is 0.469. The van der Waals surface area contributed by atoms with Crippen LogP contribution in [0.2, 0.25) is 10.0 Å². The molecule has 0 heterocycles. The summed E-state index contributed by atoms with van der Waals surface area (Å²) in [7, 11) is 0. The number of ether oxygens (including phenoxy) is 1. The Morgan fingerprint density at radius 3 is 2.47 bits per heavy atom. The van der Waals surface area contributed by atoms with E-state index in [-0.39, 0.29) is 12.0 Å². The van der Waals surface area contributed by atoms with Crippen molar-refractivity contribution in [3.05, 3.63) is 58.1 Å². The van der Waals surface area contributed by atoms with Crippen molar-refractivity contribution in [1.82, 2.24) is 5.32 Å². The van der Waals surface area contributed by atoms with Gasteiger partial charge in [0.1, 0.15) is 16.5 Å². The third-order valence-electron chi connectivity index (χ3n) is 5.39. The molecule has 164 valence electrons. The molecule has 2 aromatic rings. The lowest BCUT2D eigenvalue weighted by atomic mass is 9.81. The number of hydrogen-bond acceptors (Lipinski definition) is 3. The molecule has 1 fully saturated rings. The van der Waals surface area contributed by atoms with E-state index in [9.17, 15) is 18.3 Å². The van der Waals surface area contributed by atoms with Crippen LogP contribution in [0.4, 0.5) is 13.2 Å². The summed E-state index contributed by atoms with van der Waals surface area (Å²) < 4.78 is 44.2. The molecule has 1 aliphatic carbocycles. The van der Waals surface area contributed by atoms with Crippen molar-refractivity contribution >= 4 is 23.2 Å². The molecule has 2 N–H and O–H groups in total. The monoisotopic (exact) mass is 461 g/mol. The highest BCUT2D eigenvalue weighted by Crippen LogP contribution is 2.38. The summed E-state index contributed by atoms with van der Waals surface area (Å²) in [4.78, 5) is 0. The molecule has 3 rings (SSSR count). The second-order valence-electron chi connectivity index (χ2n) is 7.57. The van der Waals surface area contributed by atoms with Crippen molar-refractivity contribution in [2.24, 2.45) is 5.92 Å². The van der Waals surface area contributed by atoms with Crippen LogP contribution >= 0.6 is 23.2 Å². The predicted octanol–water partition coefficient (Wildman–Crippen LogP) is 6.92. The van der Waals surface area contributed by atoms with Crippen LogP contribution in [-0.4, -0.2) is 23.9 Å². The molecule has 3 nitrogen and oxygen atoms in total. The summed E-state index contributed by atoms with van der Waals surface area (Å²) >= 11 is 12.2. The molecule has 2 aromatic carbocycles. The number of hydrogen-bond donors (Lipinski definition) is 2. The molecule has 0 radical (unpaired) electrons. The normalized spacial score (nSPS) is 17.5. The Bertz CT molecular complexity index is 841. The number of benzene rings is 2. The third kappa shape index (κ3) is 6.03. The summed E-state index contributed by atoms with van der Waals surface area (Å²) in [5.74, 6) is 1.09. The van der Waals surface area contributed by atoms with Crippen molar-refractivity contribution in [3.63, 3.8) is 0 Å². The van der Waals surface area contributed by atoms with Crippen LogP contribution in [0.25, 0.3) is 0 Å². The van der Waals surface area contributed by atoms with Crippen molar-refractivity contribution in [3.8, 4) is 11.5 Å². The molecule has 8 heteroatoms. The number of rotatable bonds is 7. The minimum absolute atomic E-state index is 0.184. The number of aliphatic hydroxyl groups excluding tert-OH is 1. The molecule has 0 amide bonds. The third-order valence-corrected chi connectivity index (χ3v) is 6.19. The fourth-order valence-corrected chi connectivity index (χ4v) is 4.17. The molecule has 1 saturated carbocycles. The van der Waals surface area contributed by atoms with Gasteiger partial charge in [-0.15, -0.1) is 0 Å². The van der Waals surface area contributed by atoms with E-state index in [0.717, 1.165) is 37.7 Å². The van der Waals surface area contributed by atoms with Gasteiger partial charge in [-0.25, -0.2) is 0 Å². The lowest BCUT2D eigenvalue weighted by Gasteiger charge is -2.32. The van der Waals surface area contributed by atoms with Crippen LogP contribution in [0.3, 0.4) is 0 Å². The number of aliphatic hydroxyl groups is 1. The Morgan fingerprint density at radius 1 is 1.07 bits per heavy atom. The van der Waals surface area contributed by atoms with Gasteiger partial charge in [-0.3, -0.25) is 0 Å². The van der Waals surface area contributed by atoms with Crippen molar-refractivity contribution < 1.29 is 23.0 Å². The highest BCUT2D eigenvalue weighted by molar-refractivity contribution is 6.42. The highest BCUT2D eigenvalue weighted by Gasteiger charge is 2.38. The minimum Gasteiger partial charge on any atom is -0.456 e. The Hall–Kier alpha value is -1.47. The van der Waals surface area contributed by atoms with Gasteiger partial charge in [-0.1, -0.05) is 60.7 Å². The molecule has 0 spiro atoms. The maximum Gasteiger partial charge on any atom is 0.415 e. The first-order chi connectivity index (χ1) is 14.3. The van der Waals surface area contributed by atoms with E-state index in [2.05, 4.69) is 5.32 Å². The summed E-state index contributed by atoms with van der Waals surface area (Å²) in [5, 5.41) is 13.1. The molecule has 0 bridgehead atoms. The first-order valence-electron chi connectivity index (χ1n) is 9.95. The first-order valence-corrected chi connectivity index (χ1v) is 10.7. The molecule has 0 aliphatic heterocycles. The molecular formula is C22H24Cl2F3NO2. The average Bonchev–Trinajstić information content (AvgIpc) is 2.72. The zero-order chi connectivity index (χ0) is 21.7. The van der Waals surface area contributed by atoms with Crippen LogP contribution in [0.5, 0.6) is 11.5 Å². The van der Waals surface area contributed by atoms with E-state index in [4.69, 9.17) is 27.9 Å². The largest absolute Gasteiger partial charge is 0.456 e. The first kappa shape index (κ1) is 23.2. The van der Waals surface area contributed by atoms with Gasteiger partial charge >= 0.3 is 6.18 Å². The second kappa shape index (κ2) is 10.2. The van der Waals surface area contributed by atoms with Gasteiger partial charge in [-0.2, -0.15) is 13.2 Å². The van der Waals surface area contributed by atoms with Crippen molar-refractivity contribution in [2.45, 2.75) is 50.4 Å². The van der Waals surface area contributed by atoms with Crippen LogP contribution in [-0.2, 0) is 0 Å². The van der Waals surface area contributed by atoms with Gasteiger partial charge in [0.25, 0.3) is 0 Å². The SMILES string of the molecule is OC(CNC(c1cccc(Oc2cccc(Cl)c2Cl)c1)C1CCCCC1)C(F)(F)F. The Labute approximate surface area is 184 Å². The number of alkyl halides is 3. The van der Waals surface area contributed by atoms with Gasteiger partial charge in [0.05, 0.1) is 5.02 Å². The smallest absolute Gasteiger partial charge is 0.415 e. The van der Waals surface area contributed by atoms with E-state index in [1.165, 1.54) is 0 Å². The molecule has 0 saturated heterocycles. The molecule has 2 atom stereocenters. The molecule has 30 heavy (non-hydrogen) atoms. The Kier molecular flexibility index (Phi) is 7.91. The summed E-state index contributed by atoms with van der Waals surface area (Å²) in [5.41, 5.74) is 0.812. The minimum atomic E-state index is -4.65. The van der Waals surface area contributed by atoms with Crippen LogP contribution in [0, 0.1) is 5.92 Å². The average molecular weight is 462 g/mol. The Morgan fingerprint density at radius 2 is 1.77 bits per heavy atom. The zero-order valence-electron chi connectivity index (χ0n) is 16.3. The van der Waals surface area contributed by atoms with E-state index < -0.39 is 18.8 Å². The van der Waals surface area contributed by atoms with E-state index in [0.29, 0.717) is 21.5 Å². The van der Waals surface area contributed by atoms with Gasteiger partial charge in [0.15, 0.2) is 6.10 Å². The molecule has 1 aliphatic rings. The number of nitrogens with one attached hydrogen (secondary N) is 1. The molecular weight excluding hydrogens is 438 g/mol. The maximum absolute atomic E-state index is 12.8. The maximum atomic E-state index is 12.8. The van der Waals surface area contributed by atoms with E-state index >= 15 is 0 Å². The van der Waals surface area contributed by atoms with E-state index in [1.54, 1.807) is 36.4 Å². The van der Waals surface area contributed by atoms with Crippen LogP contribution in [0.15, 0.2) is 42.5 Å². The van der Waals surface area contributed by atoms with Crippen molar-refractivity contribution in [2.75, 3.05) is 6.54 Å². The Balaban J connectivity index is 1.81. The lowest BCUT2D eigenvalue weighted by Crippen LogP contribution is -2.41. The van der Waals surface area contributed by atoms with Gasteiger partial charge in [0.2, 0.25) is 0 Å². The molecule has 2 unspecified atom stereocenters. The fourth-order valence-electron chi connectivity index (χ4n) is 3.84. The molecule has 0 aromatic heterocycles. The van der Waals surface area contributed by atoms with Gasteiger partial charge in [-0.05, 0) is 48.6 Å². The summed E-state index contributed by atoms with van der Waals surface area (Å²) in [6.07, 6.45) is -2.01. The van der Waals surface area contributed by atoms with Crippen LogP contribution in [0.1, 0.15) is 43.7 Å². The topological polar surface area (TPSA) is 41.5 Å². The summed E-state index contributed by atoms with van der Waals surface area (Å²) in [6, 6.07) is 11.9. The highest BCUT2D eigenvalue weighted by atomic mass is 35.5. The second-order valence-corrected chi connectivity index (χ2v) is 8.35. The predicted molar refractivity (Wildman–Crippen MR) is 112 cm³/mol. The van der Waals surface area contributed by atoms with Crippen LogP contribution < -0.4 is 10.1 Å². The van der Waals surface area contributed by atoms with E-state index in [1.807, 2.05) is 6.07 Å².